The Kier molecular flexibility index (Phi) is 6.35. The maximum absolute atomic E-state index is 12.1. The second kappa shape index (κ2) is 8.92. The van der Waals surface area contributed by atoms with E-state index in [9.17, 15) is 19.2 Å². The molecule has 1 N–H and O–H groups in total. The fourth-order valence-electron chi connectivity index (χ4n) is 3.52. The van der Waals surface area contributed by atoms with Crippen molar-refractivity contribution >= 4 is 23.8 Å². The van der Waals surface area contributed by atoms with Crippen LogP contribution in [0, 0.1) is 5.92 Å². The quantitative estimate of drug-likeness (QED) is 0.544. The SMILES string of the molecule is CC(OC(=O)CCC(=O)ON1C(=O)CCC1=O)C1CCNC1c1cccnc1. The second-order valence-corrected chi connectivity index (χ2v) is 6.91. The molecule has 28 heavy (non-hydrogen) atoms. The summed E-state index contributed by atoms with van der Waals surface area (Å²) >= 11 is 0. The summed E-state index contributed by atoms with van der Waals surface area (Å²) in [5.41, 5.74) is 1.04. The molecule has 0 aromatic carbocycles. The molecule has 2 fully saturated rings. The lowest BCUT2D eigenvalue weighted by molar-refractivity contribution is -0.197. The number of hydrogen-bond acceptors (Lipinski definition) is 8. The molecule has 9 heteroatoms. The van der Waals surface area contributed by atoms with E-state index in [0.29, 0.717) is 5.06 Å². The van der Waals surface area contributed by atoms with Crippen LogP contribution in [0.2, 0.25) is 0 Å². The predicted molar refractivity (Wildman–Crippen MR) is 95.1 cm³/mol. The van der Waals surface area contributed by atoms with Gasteiger partial charge in [-0.05, 0) is 31.5 Å². The number of nitrogens with one attached hydrogen (secondary N) is 1. The summed E-state index contributed by atoms with van der Waals surface area (Å²) in [4.78, 5) is 55.6. The Labute approximate surface area is 162 Å². The van der Waals surface area contributed by atoms with Crippen molar-refractivity contribution in [2.24, 2.45) is 5.92 Å². The lowest BCUT2D eigenvalue weighted by Gasteiger charge is -2.25. The number of carbonyl (C=O) groups excluding carboxylic acids is 4. The van der Waals surface area contributed by atoms with Crippen LogP contribution in [0.15, 0.2) is 24.5 Å². The van der Waals surface area contributed by atoms with Gasteiger partial charge >= 0.3 is 11.9 Å². The Hall–Kier alpha value is -2.81. The van der Waals surface area contributed by atoms with Gasteiger partial charge in [-0.2, -0.15) is 0 Å². The molecule has 1 aromatic heterocycles. The van der Waals surface area contributed by atoms with E-state index in [4.69, 9.17) is 9.57 Å². The number of imide groups is 1. The lowest BCUT2D eigenvalue weighted by Crippen LogP contribution is -2.32. The van der Waals surface area contributed by atoms with Crippen LogP contribution in [0.25, 0.3) is 0 Å². The third-order valence-corrected chi connectivity index (χ3v) is 4.97. The van der Waals surface area contributed by atoms with Gasteiger partial charge in [0.2, 0.25) is 0 Å². The molecule has 3 unspecified atom stereocenters. The van der Waals surface area contributed by atoms with E-state index >= 15 is 0 Å². The van der Waals surface area contributed by atoms with E-state index < -0.39 is 23.8 Å². The Morgan fingerprint density at radius 1 is 1.25 bits per heavy atom. The number of nitrogens with zero attached hydrogens (tertiary/aromatic N) is 2. The maximum atomic E-state index is 12.1. The van der Waals surface area contributed by atoms with Gasteiger partial charge in [-0.1, -0.05) is 6.07 Å². The number of aromatic nitrogens is 1. The van der Waals surface area contributed by atoms with Crippen LogP contribution in [0.1, 0.15) is 50.6 Å². The summed E-state index contributed by atoms with van der Waals surface area (Å²) in [5, 5.41) is 3.87. The third kappa shape index (κ3) is 4.72. The molecule has 150 valence electrons. The summed E-state index contributed by atoms with van der Waals surface area (Å²) in [6.07, 6.45) is 3.62. The van der Waals surface area contributed by atoms with Gasteiger partial charge in [-0.3, -0.25) is 19.4 Å². The van der Waals surface area contributed by atoms with E-state index in [1.54, 1.807) is 12.4 Å². The number of esters is 1. The first-order valence-electron chi connectivity index (χ1n) is 9.35. The number of amides is 2. The molecular weight excluding hydrogens is 366 g/mol. The highest BCUT2D eigenvalue weighted by Gasteiger charge is 2.35. The summed E-state index contributed by atoms with van der Waals surface area (Å²) in [6.45, 7) is 2.65. The Morgan fingerprint density at radius 2 is 1.96 bits per heavy atom. The minimum atomic E-state index is -0.816. The second-order valence-electron chi connectivity index (χ2n) is 6.91. The molecule has 0 radical (unpaired) electrons. The van der Waals surface area contributed by atoms with Crippen molar-refractivity contribution in [3.8, 4) is 0 Å². The number of carbonyl (C=O) groups is 4. The smallest absolute Gasteiger partial charge is 0.333 e. The minimum Gasteiger partial charge on any atom is -0.462 e. The van der Waals surface area contributed by atoms with E-state index in [2.05, 4.69) is 10.3 Å². The van der Waals surface area contributed by atoms with Gasteiger partial charge in [-0.25, -0.2) is 4.79 Å². The van der Waals surface area contributed by atoms with Crippen molar-refractivity contribution in [1.29, 1.82) is 0 Å². The number of hydroxylamine groups is 2. The molecule has 0 saturated carbocycles. The number of ether oxygens (including phenoxy) is 1. The molecule has 1 aromatic rings. The first-order valence-corrected chi connectivity index (χ1v) is 9.35. The molecule has 2 amide bonds. The standard InChI is InChI=1S/C19H23N3O6/c1-12(14-8-10-21-19(14)13-3-2-9-20-11-13)27-17(25)6-7-18(26)28-22-15(23)4-5-16(22)24/h2-3,9,11-12,14,19,21H,4-8,10H2,1H3. The van der Waals surface area contributed by atoms with Crippen LogP contribution in [-0.4, -0.2) is 46.4 Å². The molecule has 2 saturated heterocycles. The summed E-state index contributed by atoms with van der Waals surface area (Å²) in [5.74, 6) is -2.35. The minimum absolute atomic E-state index is 0.0270. The van der Waals surface area contributed by atoms with Gasteiger partial charge in [0.05, 0.1) is 12.8 Å². The molecule has 2 aliphatic rings. The number of rotatable bonds is 7. The predicted octanol–water partition coefficient (Wildman–Crippen LogP) is 1.05. The Bertz CT molecular complexity index is 737. The van der Waals surface area contributed by atoms with E-state index in [0.717, 1.165) is 18.5 Å². The fraction of sp³-hybridized carbons (Fsp3) is 0.526. The largest absolute Gasteiger partial charge is 0.462 e. The summed E-state index contributed by atoms with van der Waals surface area (Å²) in [7, 11) is 0. The van der Waals surface area contributed by atoms with E-state index in [-0.39, 0.29) is 43.7 Å². The molecule has 0 spiro atoms. The van der Waals surface area contributed by atoms with Crippen molar-refractivity contribution in [1.82, 2.24) is 15.4 Å². The third-order valence-electron chi connectivity index (χ3n) is 4.97. The zero-order chi connectivity index (χ0) is 20.1. The first-order chi connectivity index (χ1) is 13.5. The molecular formula is C19H23N3O6. The van der Waals surface area contributed by atoms with E-state index in [1.807, 2.05) is 19.1 Å². The highest BCUT2D eigenvalue weighted by molar-refractivity contribution is 6.01. The highest BCUT2D eigenvalue weighted by Crippen LogP contribution is 2.33. The zero-order valence-electron chi connectivity index (χ0n) is 15.6. The molecule has 0 bridgehead atoms. The van der Waals surface area contributed by atoms with Gasteiger partial charge in [-0.15, -0.1) is 5.06 Å². The maximum Gasteiger partial charge on any atom is 0.333 e. The zero-order valence-corrected chi connectivity index (χ0v) is 15.6. The van der Waals surface area contributed by atoms with Crippen molar-refractivity contribution in [2.45, 2.75) is 51.2 Å². The van der Waals surface area contributed by atoms with Crippen LogP contribution in [-0.2, 0) is 28.8 Å². The number of hydrogen-bond donors (Lipinski definition) is 1. The average Bonchev–Trinajstić information content (AvgIpc) is 3.30. The monoisotopic (exact) mass is 389 g/mol. The molecule has 9 nitrogen and oxygen atoms in total. The molecule has 2 aliphatic heterocycles. The van der Waals surface area contributed by atoms with Crippen molar-refractivity contribution in [2.75, 3.05) is 6.54 Å². The topological polar surface area (TPSA) is 115 Å². The van der Waals surface area contributed by atoms with E-state index in [1.165, 1.54) is 0 Å². The van der Waals surface area contributed by atoms with Crippen molar-refractivity contribution < 1.29 is 28.8 Å². The van der Waals surface area contributed by atoms with Crippen LogP contribution in [0.4, 0.5) is 0 Å². The number of pyridine rings is 1. The van der Waals surface area contributed by atoms with Gasteiger partial charge in [0.15, 0.2) is 0 Å². The van der Waals surface area contributed by atoms with Gasteiger partial charge in [0.1, 0.15) is 6.10 Å². The molecule has 3 atom stereocenters. The van der Waals surface area contributed by atoms with Crippen LogP contribution >= 0.6 is 0 Å². The fourth-order valence-corrected chi connectivity index (χ4v) is 3.52. The summed E-state index contributed by atoms with van der Waals surface area (Å²) in [6, 6.07) is 3.90. The van der Waals surface area contributed by atoms with Crippen LogP contribution in [0.3, 0.4) is 0 Å². The molecule has 3 rings (SSSR count). The lowest BCUT2D eigenvalue weighted by atomic mass is 9.91. The highest BCUT2D eigenvalue weighted by atomic mass is 16.7. The molecule has 3 heterocycles. The average molecular weight is 389 g/mol. The Morgan fingerprint density at radius 3 is 2.64 bits per heavy atom. The van der Waals surface area contributed by atoms with Gasteiger partial charge < -0.3 is 14.9 Å². The van der Waals surface area contributed by atoms with Crippen LogP contribution < -0.4 is 5.32 Å². The Balaban J connectivity index is 1.46. The van der Waals surface area contributed by atoms with Crippen molar-refractivity contribution in [3.63, 3.8) is 0 Å². The normalized spacial score (nSPS) is 23.0. The summed E-state index contributed by atoms with van der Waals surface area (Å²) < 4.78 is 5.49. The van der Waals surface area contributed by atoms with Crippen molar-refractivity contribution in [3.05, 3.63) is 30.1 Å². The molecule has 0 aliphatic carbocycles. The van der Waals surface area contributed by atoms with Gasteiger partial charge in [0.25, 0.3) is 11.8 Å². The van der Waals surface area contributed by atoms with Crippen LogP contribution in [0.5, 0.6) is 0 Å². The first kappa shape index (κ1) is 19.9. The van der Waals surface area contributed by atoms with Gasteiger partial charge in [0, 0.05) is 37.2 Å².